The number of ether oxygens (including phenoxy) is 1. The first kappa shape index (κ1) is 17.0. The first-order valence-corrected chi connectivity index (χ1v) is 7.98. The van der Waals surface area contributed by atoms with Gasteiger partial charge in [0, 0.05) is 23.8 Å². The molecule has 0 heterocycles. The maximum atomic E-state index is 11.6. The van der Waals surface area contributed by atoms with E-state index < -0.39 is 0 Å². The van der Waals surface area contributed by atoms with Gasteiger partial charge in [0.1, 0.15) is 0 Å². The first-order valence-electron chi connectivity index (χ1n) is 7.98. The Hall–Kier alpha value is -2.35. The van der Waals surface area contributed by atoms with E-state index >= 15 is 0 Å². The molecule has 0 unspecified atom stereocenters. The van der Waals surface area contributed by atoms with Crippen LogP contribution in [0.25, 0.3) is 0 Å². The van der Waals surface area contributed by atoms with Crippen molar-refractivity contribution >= 4 is 17.9 Å². The molecule has 0 radical (unpaired) electrons. The van der Waals surface area contributed by atoms with Crippen molar-refractivity contribution in [2.45, 2.75) is 38.6 Å². The number of aldehydes is 1. The lowest BCUT2D eigenvalue weighted by atomic mass is 9.85. The molecule has 5 heteroatoms. The van der Waals surface area contributed by atoms with Crippen LogP contribution in [0.3, 0.4) is 0 Å². The van der Waals surface area contributed by atoms with E-state index in [4.69, 9.17) is 10.00 Å². The minimum atomic E-state index is -0.126. The Kier molecular flexibility index (Phi) is 5.75. The van der Waals surface area contributed by atoms with E-state index in [2.05, 4.69) is 17.9 Å². The molecule has 0 atom stereocenters. The van der Waals surface area contributed by atoms with Gasteiger partial charge in [-0.05, 0) is 50.8 Å². The number of benzene rings is 1. The van der Waals surface area contributed by atoms with Crippen LogP contribution in [-0.4, -0.2) is 32.0 Å². The number of methoxy groups -OCH3 is 1. The fourth-order valence-electron chi connectivity index (χ4n) is 3.40. The maximum Gasteiger partial charge on any atom is 0.308 e. The van der Waals surface area contributed by atoms with Gasteiger partial charge in [0.05, 0.1) is 24.7 Å². The van der Waals surface area contributed by atoms with Crippen molar-refractivity contribution in [3.63, 3.8) is 0 Å². The van der Waals surface area contributed by atoms with E-state index in [9.17, 15) is 9.59 Å². The second-order valence-corrected chi connectivity index (χ2v) is 5.82. The number of rotatable bonds is 5. The largest absolute Gasteiger partial charge is 0.469 e. The lowest BCUT2D eigenvalue weighted by Gasteiger charge is -2.37. The number of carbonyl (C=O) groups excluding carboxylic acids is 2. The van der Waals surface area contributed by atoms with Gasteiger partial charge in [0.2, 0.25) is 0 Å². The number of anilines is 1. The number of hydrogen-bond acceptors (Lipinski definition) is 5. The quantitative estimate of drug-likeness (QED) is 0.617. The summed E-state index contributed by atoms with van der Waals surface area (Å²) in [6.45, 7) is 2.83. The topological polar surface area (TPSA) is 70.4 Å². The Morgan fingerprint density at radius 2 is 2.09 bits per heavy atom. The standard InChI is InChI=1S/C18H22N2O3/c1-3-20(16-7-5-14(6-8-16)18(22)23-2)17-9-4-13(11-19)10-15(17)12-21/h4,9-10,12,14,16H,3,5-8H2,1-2H3. The summed E-state index contributed by atoms with van der Waals surface area (Å²) >= 11 is 0. The van der Waals surface area contributed by atoms with E-state index in [-0.39, 0.29) is 11.9 Å². The maximum absolute atomic E-state index is 11.6. The lowest BCUT2D eigenvalue weighted by molar-refractivity contribution is -0.146. The van der Waals surface area contributed by atoms with Crippen LogP contribution in [-0.2, 0) is 9.53 Å². The molecule has 0 N–H and O–H groups in total. The van der Waals surface area contributed by atoms with E-state index in [1.54, 1.807) is 12.1 Å². The summed E-state index contributed by atoms with van der Waals surface area (Å²) in [5.41, 5.74) is 1.89. The monoisotopic (exact) mass is 314 g/mol. The zero-order valence-corrected chi connectivity index (χ0v) is 13.6. The highest BCUT2D eigenvalue weighted by molar-refractivity contribution is 5.85. The molecule has 1 saturated carbocycles. The highest BCUT2D eigenvalue weighted by Gasteiger charge is 2.30. The van der Waals surface area contributed by atoms with Crippen LogP contribution in [0.15, 0.2) is 18.2 Å². The predicted octanol–water partition coefficient (Wildman–Crippen LogP) is 2.93. The molecule has 0 aliphatic heterocycles. The van der Waals surface area contributed by atoms with Gasteiger partial charge in [-0.15, -0.1) is 0 Å². The van der Waals surface area contributed by atoms with Crippen LogP contribution < -0.4 is 4.90 Å². The van der Waals surface area contributed by atoms with Crippen molar-refractivity contribution in [2.24, 2.45) is 5.92 Å². The van der Waals surface area contributed by atoms with Gasteiger partial charge >= 0.3 is 5.97 Å². The van der Waals surface area contributed by atoms with Crippen LogP contribution in [0, 0.1) is 17.2 Å². The van der Waals surface area contributed by atoms with E-state index in [0.29, 0.717) is 17.2 Å². The molecule has 122 valence electrons. The van der Waals surface area contributed by atoms with Crippen LogP contribution in [0.1, 0.15) is 48.5 Å². The summed E-state index contributed by atoms with van der Waals surface area (Å²) in [6.07, 6.45) is 4.21. The SMILES string of the molecule is CCN(c1ccc(C#N)cc1C=O)C1CCC(C(=O)OC)CC1. The van der Waals surface area contributed by atoms with Gasteiger partial charge in [0.15, 0.2) is 6.29 Å². The molecule has 0 amide bonds. The fourth-order valence-corrected chi connectivity index (χ4v) is 3.40. The highest BCUT2D eigenvalue weighted by atomic mass is 16.5. The van der Waals surface area contributed by atoms with E-state index in [1.807, 2.05) is 6.07 Å². The number of esters is 1. The molecule has 2 rings (SSSR count). The normalized spacial score (nSPS) is 20.4. The molecule has 1 fully saturated rings. The molecule has 1 aliphatic carbocycles. The molecule has 0 aromatic heterocycles. The lowest BCUT2D eigenvalue weighted by Crippen LogP contribution is -2.39. The van der Waals surface area contributed by atoms with Crippen LogP contribution in [0.2, 0.25) is 0 Å². The number of nitrogens with zero attached hydrogens (tertiary/aromatic N) is 2. The van der Waals surface area contributed by atoms with Crippen LogP contribution >= 0.6 is 0 Å². The molecule has 0 saturated heterocycles. The summed E-state index contributed by atoms with van der Waals surface area (Å²) in [5, 5.41) is 8.97. The summed E-state index contributed by atoms with van der Waals surface area (Å²) < 4.78 is 4.83. The molecule has 23 heavy (non-hydrogen) atoms. The zero-order chi connectivity index (χ0) is 16.8. The highest BCUT2D eigenvalue weighted by Crippen LogP contribution is 2.32. The fraction of sp³-hybridized carbons (Fsp3) is 0.500. The zero-order valence-electron chi connectivity index (χ0n) is 13.6. The van der Waals surface area contributed by atoms with Crippen molar-refractivity contribution in [3.05, 3.63) is 29.3 Å². The number of nitriles is 1. The van der Waals surface area contributed by atoms with Gasteiger partial charge in [-0.25, -0.2) is 0 Å². The van der Waals surface area contributed by atoms with Crippen molar-refractivity contribution in [3.8, 4) is 6.07 Å². The third-order valence-corrected chi connectivity index (χ3v) is 4.61. The predicted molar refractivity (Wildman–Crippen MR) is 87.3 cm³/mol. The Balaban J connectivity index is 2.17. The third kappa shape index (κ3) is 3.70. The molecule has 1 aliphatic rings. The van der Waals surface area contributed by atoms with Crippen molar-refractivity contribution in [1.29, 1.82) is 5.26 Å². The Bertz CT molecular complexity index is 613. The van der Waals surface area contributed by atoms with Gasteiger partial charge < -0.3 is 9.64 Å². The van der Waals surface area contributed by atoms with Crippen LogP contribution in [0.4, 0.5) is 5.69 Å². The number of carbonyl (C=O) groups is 2. The average Bonchev–Trinajstić information content (AvgIpc) is 2.62. The van der Waals surface area contributed by atoms with Gasteiger partial charge in [-0.2, -0.15) is 5.26 Å². The minimum Gasteiger partial charge on any atom is -0.469 e. The molecular weight excluding hydrogens is 292 g/mol. The minimum absolute atomic E-state index is 0.0125. The van der Waals surface area contributed by atoms with Gasteiger partial charge in [-0.3, -0.25) is 9.59 Å². The summed E-state index contributed by atoms with van der Waals surface area (Å²) in [7, 11) is 1.43. The molecule has 1 aromatic carbocycles. The van der Waals surface area contributed by atoms with Gasteiger partial charge in [0.25, 0.3) is 0 Å². The number of hydrogen-bond donors (Lipinski definition) is 0. The van der Waals surface area contributed by atoms with E-state index in [1.165, 1.54) is 7.11 Å². The van der Waals surface area contributed by atoms with Crippen molar-refractivity contribution < 1.29 is 14.3 Å². The average molecular weight is 314 g/mol. The Morgan fingerprint density at radius 3 is 2.61 bits per heavy atom. The van der Waals surface area contributed by atoms with Crippen molar-refractivity contribution in [2.75, 3.05) is 18.6 Å². The third-order valence-electron chi connectivity index (χ3n) is 4.61. The van der Waals surface area contributed by atoms with E-state index in [0.717, 1.165) is 44.2 Å². The van der Waals surface area contributed by atoms with Gasteiger partial charge in [-0.1, -0.05) is 0 Å². The summed E-state index contributed by atoms with van der Waals surface area (Å²) in [5.74, 6) is -0.139. The smallest absolute Gasteiger partial charge is 0.308 e. The second kappa shape index (κ2) is 7.77. The summed E-state index contributed by atoms with van der Waals surface area (Å²) in [4.78, 5) is 25.2. The molecule has 5 nitrogen and oxygen atoms in total. The van der Waals surface area contributed by atoms with Crippen molar-refractivity contribution in [1.82, 2.24) is 0 Å². The summed E-state index contributed by atoms with van der Waals surface area (Å²) in [6, 6.07) is 7.58. The second-order valence-electron chi connectivity index (χ2n) is 5.82. The first-order chi connectivity index (χ1) is 11.1. The molecule has 1 aromatic rings. The molecular formula is C18H22N2O3. The Labute approximate surface area is 136 Å². The molecule has 0 spiro atoms. The Morgan fingerprint density at radius 1 is 1.39 bits per heavy atom. The molecule has 0 bridgehead atoms. The van der Waals surface area contributed by atoms with Crippen LogP contribution in [0.5, 0.6) is 0 Å².